The number of aryl methyl sites for hydroxylation is 1. The first-order valence-electron chi connectivity index (χ1n) is 18.4. The van der Waals surface area contributed by atoms with Crippen LogP contribution in [0.5, 0.6) is 0 Å². The second kappa shape index (κ2) is 15.4. The number of likely N-dealkylation sites (tertiary alicyclic amines) is 1. The third-order valence-electron chi connectivity index (χ3n) is 10.7. The first-order chi connectivity index (χ1) is 24.1. The zero-order valence-electron chi connectivity index (χ0n) is 31.0. The molecule has 1 aliphatic carbocycles. The summed E-state index contributed by atoms with van der Waals surface area (Å²) in [6.07, 6.45) is 13.0. The normalized spacial score (nSPS) is 19.0. The van der Waals surface area contributed by atoms with Gasteiger partial charge in [0.15, 0.2) is 5.58 Å². The van der Waals surface area contributed by atoms with Crippen molar-refractivity contribution in [2.75, 3.05) is 40.3 Å². The SMILES string of the molecule is C=C/C=C(\C=C)S(OCC1(CN2CCC(CCc3noc4c(CN(C)C)c(-c5ccccc5)ccc34)CC2)CC1)(c1ccccc1)C(C)(C)C. The summed E-state index contributed by atoms with van der Waals surface area (Å²) in [6, 6.07) is 25.9. The van der Waals surface area contributed by atoms with E-state index in [-0.39, 0.29) is 10.2 Å². The molecule has 6 heteroatoms. The van der Waals surface area contributed by atoms with Crippen LogP contribution in [-0.4, -0.2) is 60.0 Å². The third-order valence-corrected chi connectivity index (χ3v) is 14.8. The molecule has 1 aromatic heterocycles. The van der Waals surface area contributed by atoms with E-state index >= 15 is 0 Å². The van der Waals surface area contributed by atoms with Crippen LogP contribution in [0.2, 0.25) is 0 Å². The van der Waals surface area contributed by atoms with Gasteiger partial charge in [-0.05, 0) is 128 Å². The van der Waals surface area contributed by atoms with Gasteiger partial charge in [0.2, 0.25) is 0 Å². The van der Waals surface area contributed by atoms with Crippen molar-refractivity contribution in [2.45, 2.75) is 75.5 Å². The van der Waals surface area contributed by atoms with Crippen LogP contribution in [0.15, 0.2) is 119 Å². The molecule has 1 saturated carbocycles. The molecule has 0 amide bonds. The molecule has 1 aliphatic heterocycles. The zero-order chi connectivity index (χ0) is 35.4. The summed E-state index contributed by atoms with van der Waals surface area (Å²) in [6.45, 7) is 20.2. The molecule has 0 radical (unpaired) electrons. The highest BCUT2D eigenvalue weighted by Gasteiger charge is 2.49. The molecule has 0 bridgehead atoms. The van der Waals surface area contributed by atoms with Crippen molar-refractivity contribution in [1.29, 1.82) is 0 Å². The number of hydrogen-bond acceptors (Lipinski definition) is 5. The van der Waals surface area contributed by atoms with Crippen LogP contribution < -0.4 is 0 Å². The van der Waals surface area contributed by atoms with Crippen LogP contribution in [0.4, 0.5) is 0 Å². The average Bonchev–Trinajstić information content (AvgIpc) is 3.75. The molecular formula is C44H57N3O2S. The van der Waals surface area contributed by atoms with Gasteiger partial charge in [-0.25, -0.2) is 0 Å². The molecule has 2 aliphatic rings. The van der Waals surface area contributed by atoms with Gasteiger partial charge >= 0.3 is 0 Å². The number of aromatic nitrogens is 1. The van der Waals surface area contributed by atoms with E-state index in [0.717, 1.165) is 61.8 Å². The quantitative estimate of drug-likeness (QED) is 0.116. The number of fused-ring (bicyclic) bond motifs is 1. The van der Waals surface area contributed by atoms with Crippen molar-refractivity contribution < 1.29 is 8.71 Å². The minimum Gasteiger partial charge on any atom is -0.356 e. The number of rotatable bonds is 15. The van der Waals surface area contributed by atoms with E-state index in [1.807, 2.05) is 12.2 Å². The smallest absolute Gasteiger partial charge is 0.172 e. The highest BCUT2D eigenvalue weighted by molar-refractivity contribution is 8.34. The Kier molecular flexibility index (Phi) is 11.2. The predicted octanol–water partition coefficient (Wildman–Crippen LogP) is 10.8. The van der Waals surface area contributed by atoms with Crippen molar-refractivity contribution in [2.24, 2.45) is 11.3 Å². The van der Waals surface area contributed by atoms with Crippen molar-refractivity contribution in [3.8, 4) is 11.1 Å². The lowest BCUT2D eigenvalue weighted by atomic mass is 9.90. The summed E-state index contributed by atoms with van der Waals surface area (Å²) in [5, 5.41) is 5.80. The van der Waals surface area contributed by atoms with Crippen LogP contribution in [0, 0.1) is 11.3 Å². The summed E-state index contributed by atoms with van der Waals surface area (Å²) in [5.74, 6) is 0.712. The van der Waals surface area contributed by atoms with E-state index < -0.39 is 10.3 Å². The standard InChI is InChI=1S/C44H57N3O2S/c1-8-16-36(9-2)50(43(3,4)5,37-19-14-11-15-20-37)48-33-44(27-28-44)32-47-29-25-34(26-30-47)21-24-41-39-23-22-38(35-17-12-10-13-18-35)40(31-46(6)7)42(39)49-45-41/h8-20,22-23,34H,1-2,21,24-33H2,3-7H3/b36-16+. The Morgan fingerprint density at radius 3 is 2.28 bits per heavy atom. The van der Waals surface area contributed by atoms with Gasteiger partial charge in [-0.3, -0.25) is 0 Å². The van der Waals surface area contributed by atoms with Crippen molar-refractivity contribution in [3.05, 3.63) is 120 Å². The Morgan fingerprint density at radius 2 is 1.68 bits per heavy atom. The van der Waals surface area contributed by atoms with Crippen LogP contribution in [0.25, 0.3) is 22.1 Å². The fraction of sp³-hybridized carbons (Fsp3) is 0.432. The van der Waals surface area contributed by atoms with Crippen LogP contribution in [-0.2, 0) is 17.1 Å². The van der Waals surface area contributed by atoms with E-state index in [9.17, 15) is 0 Å². The molecule has 4 aromatic rings. The lowest BCUT2D eigenvalue weighted by Gasteiger charge is -2.51. The third kappa shape index (κ3) is 7.74. The molecule has 0 N–H and O–H groups in total. The van der Waals surface area contributed by atoms with Gasteiger partial charge in [0.1, 0.15) is 0 Å². The Hall–Kier alpha value is -3.42. The molecule has 50 heavy (non-hydrogen) atoms. The second-order valence-electron chi connectivity index (χ2n) is 15.7. The lowest BCUT2D eigenvalue weighted by Crippen LogP contribution is -2.39. The van der Waals surface area contributed by atoms with Gasteiger partial charge in [-0.1, -0.05) is 95.4 Å². The number of piperidine rings is 1. The van der Waals surface area contributed by atoms with Gasteiger partial charge in [0.25, 0.3) is 0 Å². The second-order valence-corrected chi connectivity index (χ2v) is 19.2. The van der Waals surface area contributed by atoms with Crippen LogP contribution in [0.1, 0.15) is 64.1 Å². The fourth-order valence-electron chi connectivity index (χ4n) is 7.80. The average molecular weight is 692 g/mol. The molecular weight excluding hydrogens is 635 g/mol. The van der Waals surface area contributed by atoms with E-state index in [4.69, 9.17) is 8.71 Å². The van der Waals surface area contributed by atoms with E-state index in [1.165, 1.54) is 52.7 Å². The van der Waals surface area contributed by atoms with Crippen LogP contribution in [0.3, 0.4) is 0 Å². The minimum absolute atomic E-state index is 0.112. The molecule has 2 heterocycles. The summed E-state index contributed by atoms with van der Waals surface area (Å²) < 4.78 is 13.3. The first kappa shape index (κ1) is 36.4. The molecule has 6 rings (SSSR count). The minimum atomic E-state index is -1.82. The van der Waals surface area contributed by atoms with Gasteiger partial charge in [-0.2, -0.15) is 0 Å². The summed E-state index contributed by atoms with van der Waals surface area (Å²) >= 11 is 0. The first-order valence-corrected chi connectivity index (χ1v) is 20.0. The maximum atomic E-state index is 7.30. The number of benzene rings is 3. The monoisotopic (exact) mass is 691 g/mol. The van der Waals surface area contributed by atoms with Crippen molar-refractivity contribution >= 4 is 21.3 Å². The Balaban J connectivity index is 1.08. The summed E-state index contributed by atoms with van der Waals surface area (Å²) in [7, 11) is 2.40. The highest BCUT2D eigenvalue weighted by Crippen LogP contribution is 2.72. The maximum Gasteiger partial charge on any atom is 0.172 e. The Bertz CT molecular complexity index is 1780. The largest absolute Gasteiger partial charge is 0.356 e. The zero-order valence-corrected chi connectivity index (χ0v) is 31.8. The molecule has 1 unspecified atom stereocenters. The van der Waals surface area contributed by atoms with E-state index in [0.29, 0.717) is 5.92 Å². The topological polar surface area (TPSA) is 41.7 Å². The molecule has 2 fully saturated rings. The van der Waals surface area contributed by atoms with Gasteiger partial charge in [-0.15, -0.1) is 0 Å². The fourth-order valence-corrected chi connectivity index (χ4v) is 11.6. The molecule has 266 valence electrons. The number of nitrogens with zero attached hydrogens (tertiary/aromatic N) is 3. The highest BCUT2D eigenvalue weighted by atomic mass is 32.3. The van der Waals surface area contributed by atoms with E-state index in [2.05, 4.69) is 142 Å². The number of allylic oxidation sites excluding steroid dienone is 3. The summed E-state index contributed by atoms with van der Waals surface area (Å²) in [4.78, 5) is 7.32. The molecule has 1 atom stereocenters. The van der Waals surface area contributed by atoms with Gasteiger partial charge in [0.05, 0.1) is 12.3 Å². The molecule has 0 spiro atoms. The Morgan fingerprint density at radius 1 is 1.00 bits per heavy atom. The molecule has 1 saturated heterocycles. The van der Waals surface area contributed by atoms with Crippen molar-refractivity contribution in [1.82, 2.24) is 15.0 Å². The van der Waals surface area contributed by atoms with Gasteiger partial charge in [0, 0.05) is 44.0 Å². The van der Waals surface area contributed by atoms with Crippen LogP contribution >= 0.6 is 10.3 Å². The summed E-state index contributed by atoms with van der Waals surface area (Å²) in [5.41, 5.74) is 5.92. The molecule has 3 aromatic carbocycles. The maximum absolute atomic E-state index is 7.30. The Labute approximate surface area is 302 Å². The van der Waals surface area contributed by atoms with Gasteiger partial charge < -0.3 is 18.5 Å². The van der Waals surface area contributed by atoms with E-state index in [1.54, 1.807) is 0 Å². The number of hydrogen-bond donors (Lipinski definition) is 0. The van der Waals surface area contributed by atoms with Crippen molar-refractivity contribution in [3.63, 3.8) is 0 Å². The lowest BCUT2D eigenvalue weighted by molar-refractivity contribution is 0.126. The predicted molar refractivity (Wildman–Crippen MR) is 212 cm³/mol. The molecule has 5 nitrogen and oxygen atoms in total.